The van der Waals surface area contributed by atoms with Crippen molar-refractivity contribution in [1.29, 1.82) is 0 Å². The summed E-state index contributed by atoms with van der Waals surface area (Å²) in [4.78, 5) is 0. The molecule has 0 aromatic carbocycles. The van der Waals surface area contributed by atoms with Crippen molar-refractivity contribution in [3.05, 3.63) is 0 Å². The lowest BCUT2D eigenvalue weighted by Crippen LogP contribution is -2.37. The lowest BCUT2D eigenvalue weighted by atomic mass is 9.79. The normalized spacial score (nSPS) is 24.5. The summed E-state index contributed by atoms with van der Waals surface area (Å²) in [6.07, 6.45) is -0.449. The third-order valence-electron chi connectivity index (χ3n) is 3.61. The number of hydrogen-bond acceptors (Lipinski definition) is 3. The molecule has 1 rings (SSSR count). The zero-order chi connectivity index (χ0) is 14.3. The molecule has 2 atom stereocenters. The molecular formula is C12H24BF3N2O. The number of hydrogen-bond donors (Lipinski definition) is 3. The molecule has 0 bridgehead atoms. The summed E-state index contributed by atoms with van der Waals surface area (Å²) in [6.45, 7) is 3.16. The van der Waals surface area contributed by atoms with Crippen LogP contribution >= 0.6 is 0 Å². The minimum atomic E-state index is -4.07. The van der Waals surface area contributed by atoms with Crippen LogP contribution < -0.4 is 10.5 Å². The van der Waals surface area contributed by atoms with Gasteiger partial charge >= 0.3 is 13.2 Å². The van der Waals surface area contributed by atoms with Gasteiger partial charge in [-0.1, -0.05) is 6.42 Å². The van der Waals surface area contributed by atoms with Gasteiger partial charge in [0.2, 0.25) is 0 Å². The highest BCUT2D eigenvalue weighted by Crippen LogP contribution is 2.28. The Morgan fingerprint density at radius 2 is 1.84 bits per heavy atom. The fourth-order valence-electron chi connectivity index (χ4n) is 2.65. The van der Waals surface area contributed by atoms with Gasteiger partial charge in [-0.05, 0) is 51.0 Å². The summed E-state index contributed by atoms with van der Waals surface area (Å²) in [5.41, 5.74) is 0. The van der Waals surface area contributed by atoms with Crippen LogP contribution in [0.2, 0.25) is 6.82 Å². The fraction of sp³-hybridized carbons (Fsp3) is 1.00. The Morgan fingerprint density at radius 1 is 1.21 bits per heavy atom. The van der Waals surface area contributed by atoms with Gasteiger partial charge in [0.25, 0.3) is 0 Å². The molecule has 0 amide bonds. The molecule has 0 aliphatic heterocycles. The summed E-state index contributed by atoms with van der Waals surface area (Å²) in [5, 5.41) is 15.1. The predicted octanol–water partition coefficient (Wildman–Crippen LogP) is 2.03. The maximum atomic E-state index is 12.0. The lowest BCUT2D eigenvalue weighted by Gasteiger charge is -2.29. The highest BCUT2D eigenvalue weighted by molar-refractivity contribution is 6.45. The first-order valence-corrected chi connectivity index (χ1v) is 7.05. The van der Waals surface area contributed by atoms with Crippen LogP contribution in [0.5, 0.6) is 0 Å². The first-order valence-electron chi connectivity index (χ1n) is 7.05. The van der Waals surface area contributed by atoms with E-state index in [9.17, 15) is 13.2 Å². The van der Waals surface area contributed by atoms with E-state index in [1.54, 1.807) is 6.82 Å². The molecule has 19 heavy (non-hydrogen) atoms. The van der Waals surface area contributed by atoms with Gasteiger partial charge in [-0.2, -0.15) is 13.2 Å². The van der Waals surface area contributed by atoms with E-state index in [2.05, 4.69) is 10.5 Å². The first-order chi connectivity index (χ1) is 8.87. The third-order valence-corrected chi connectivity index (χ3v) is 3.61. The van der Waals surface area contributed by atoms with Crippen molar-refractivity contribution < 1.29 is 18.2 Å². The highest BCUT2D eigenvalue weighted by Gasteiger charge is 2.27. The molecule has 7 heteroatoms. The Morgan fingerprint density at radius 3 is 2.42 bits per heavy atom. The molecule has 0 radical (unpaired) electrons. The second-order valence-corrected chi connectivity index (χ2v) is 5.55. The van der Waals surface area contributed by atoms with Gasteiger partial charge in [-0.15, -0.1) is 0 Å². The van der Waals surface area contributed by atoms with Gasteiger partial charge in [-0.3, -0.25) is 0 Å². The average molecular weight is 280 g/mol. The van der Waals surface area contributed by atoms with E-state index < -0.39 is 19.6 Å². The van der Waals surface area contributed by atoms with E-state index in [0.717, 1.165) is 32.2 Å². The minimum absolute atomic E-state index is 0.0105. The fourth-order valence-corrected chi connectivity index (χ4v) is 2.65. The van der Waals surface area contributed by atoms with E-state index in [1.807, 2.05) is 0 Å². The SMILES string of the molecule is CB(O)NC[C@H]1CCC[C@@H](CNCCC(F)(F)F)C1. The molecule has 0 aromatic heterocycles. The first kappa shape index (κ1) is 16.8. The molecule has 3 N–H and O–H groups in total. The largest absolute Gasteiger partial charge is 0.437 e. The van der Waals surface area contributed by atoms with Gasteiger partial charge in [0.1, 0.15) is 0 Å². The second-order valence-electron chi connectivity index (χ2n) is 5.55. The van der Waals surface area contributed by atoms with Crippen molar-refractivity contribution in [3.8, 4) is 0 Å². The lowest BCUT2D eigenvalue weighted by molar-refractivity contribution is -0.133. The average Bonchev–Trinajstić information content (AvgIpc) is 2.32. The second kappa shape index (κ2) is 8.12. The molecule has 0 heterocycles. The number of rotatable bonds is 7. The van der Waals surface area contributed by atoms with Crippen LogP contribution in [0.3, 0.4) is 0 Å². The van der Waals surface area contributed by atoms with Crippen molar-refractivity contribution in [2.45, 2.75) is 45.1 Å². The molecule has 0 aromatic rings. The van der Waals surface area contributed by atoms with Crippen molar-refractivity contribution in [2.24, 2.45) is 11.8 Å². The summed E-state index contributed by atoms with van der Waals surface area (Å²) < 4.78 is 36.0. The van der Waals surface area contributed by atoms with Crippen LogP contribution in [0, 0.1) is 11.8 Å². The number of halogens is 3. The van der Waals surface area contributed by atoms with Crippen LogP contribution in [0.15, 0.2) is 0 Å². The Hall–Kier alpha value is -0.265. The summed E-state index contributed by atoms with van der Waals surface area (Å²) in [7, 11) is -0.495. The molecule has 0 unspecified atom stereocenters. The molecule has 112 valence electrons. The highest BCUT2D eigenvalue weighted by atomic mass is 19.4. The molecule has 1 saturated carbocycles. The third kappa shape index (κ3) is 8.50. The zero-order valence-corrected chi connectivity index (χ0v) is 11.5. The zero-order valence-electron chi connectivity index (χ0n) is 11.5. The molecule has 0 spiro atoms. The van der Waals surface area contributed by atoms with Crippen LogP contribution in [0.25, 0.3) is 0 Å². The van der Waals surface area contributed by atoms with Crippen LogP contribution in [0.1, 0.15) is 32.1 Å². The standard InChI is InChI=1S/C12H24BF3N2O/c1-13(19)18-9-11-4-2-3-10(7-11)8-17-6-5-12(14,15)16/h10-11,17-19H,2-9H2,1H3/t10-,11+/m1/s1. The molecule has 1 aliphatic rings. The van der Waals surface area contributed by atoms with Crippen molar-refractivity contribution in [3.63, 3.8) is 0 Å². The molecule has 3 nitrogen and oxygen atoms in total. The molecular weight excluding hydrogens is 256 g/mol. The van der Waals surface area contributed by atoms with Crippen molar-refractivity contribution in [1.82, 2.24) is 10.5 Å². The number of nitrogens with one attached hydrogen (secondary N) is 2. The van der Waals surface area contributed by atoms with Crippen LogP contribution in [-0.2, 0) is 0 Å². The summed E-state index contributed by atoms with van der Waals surface area (Å²) in [6, 6.07) is 0. The van der Waals surface area contributed by atoms with Crippen molar-refractivity contribution >= 4 is 7.05 Å². The molecule has 1 fully saturated rings. The summed E-state index contributed by atoms with van der Waals surface area (Å²) in [5.74, 6) is 0.987. The van der Waals surface area contributed by atoms with Gasteiger partial charge in [0, 0.05) is 6.54 Å². The van der Waals surface area contributed by atoms with E-state index in [1.165, 1.54) is 0 Å². The Labute approximate surface area is 113 Å². The summed E-state index contributed by atoms with van der Waals surface area (Å²) >= 11 is 0. The van der Waals surface area contributed by atoms with Crippen molar-refractivity contribution in [2.75, 3.05) is 19.6 Å². The smallest absolute Gasteiger partial charge is 0.390 e. The van der Waals surface area contributed by atoms with Crippen LogP contribution in [-0.4, -0.2) is 37.9 Å². The monoisotopic (exact) mass is 280 g/mol. The molecule has 1 aliphatic carbocycles. The van der Waals surface area contributed by atoms with Gasteiger partial charge in [0.15, 0.2) is 0 Å². The van der Waals surface area contributed by atoms with Gasteiger partial charge in [-0.25, -0.2) is 0 Å². The minimum Gasteiger partial charge on any atom is -0.437 e. The van der Waals surface area contributed by atoms with Gasteiger partial charge < -0.3 is 15.6 Å². The maximum Gasteiger partial charge on any atom is 0.390 e. The van der Waals surface area contributed by atoms with E-state index in [4.69, 9.17) is 5.02 Å². The topological polar surface area (TPSA) is 44.3 Å². The van der Waals surface area contributed by atoms with Crippen LogP contribution in [0.4, 0.5) is 13.2 Å². The van der Waals surface area contributed by atoms with E-state index >= 15 is 0 Å². The predicted molar refractivity (Wildman–Crippen MR) is 70.8 cm³/mol. The Balaban J connectivity index is 2.13. The quantitative estimate of drug-likeness (QED) is 0.494. The van der Waals surface area contributed by atoms with E-state index in [0.29, 0.717) is 18.4 Å². The number of alkyl halides is 3. The Bertz CT molecular complexity index is 252. The molecule has 0 saturated heterocycles. The Kier molecular flexibility index (Phi) is 7.17. The van der Waals surface area contributed by atoms with E-state index in [-0.39, 0.29) is 6.54 Å². The maximum absolute atomic E-state index is 12.0. The van der Waals surface area contributed by atoms with Gasteiger partial charge in [0.05, 0.1) is 6.42 Å².